The van der Waals surface area contributed by atoms with E-state index in [0.29, 0.717) is 30.1 Å². The molecule has 2 N–H and O–H groups in total. The fourth-order valence-corrected chi connectivity index (χ4v) is 3.05. The molecule has 118 valence electrons. The predicted octanol–water partition coefficient (Wildman–Crippen LogP) is 2.95. The Morgan fingerprint density at radius 1 is 1.09 bits per heavy atom. The highest BCUT2D eigenvalue weighted by molar-refractivity contribution is 6.34. The van der Waals surface area contributed by atoms with Crippen LogP contribution in [0.1, 0.15) is 16.8 Å². The Hall–Kier alpha value is -2.33. The van der Waals surface area contributed by atoms with Gasteiger partial charge in [-0.1, -0.05) is 48.0 Å². The summed E-state index contributed by atoms with van der Waals surface area (Å²) in [6.07, 6.45) is 0.608. The third kappa shape index (κ3) is 3.22. The lowest BCUT2D eigenvalue weighted by Gasteiger charge is -2.17. The molecule has 1 atom stereocenters. The van der Waals surface area contributed by atoms with E-state index in [0.717, 1.165) is 11.1 Å². The zero-order chi connectivity index (χ0) is 16.4. The van der Waals surface area contributed by atoms with Crippen molar-refractivity contribution in [2.24, 2.45) is 11.7 Å². The van der Waals surface area contributed by atoms with Crippen LogP contribution in [-0.4, -0.2) is 29.8 Å². The van der Waals surface area contributed by atoms with Gasteiger partial charge in [-0.3, -0.25) is 9.59 Å². The Bertz CT molecular complexity index is 746. The molecule has 1 aliphatic heterocycles. The maximum Gasteiger partial charge on any atom is 0.255 e. The zero-order valence-corrected chi connectivity index (χ0v) is 13.3. The van der Waals surface area contributed by atoms with Crippen molar-refractivity contribution >= 4 is 23.4 Å². The lowest BCUT2D eigenvalue weighted by Crippen LogP contribution is -2.31. The second-order valence-electron chi connectivity index (χ2n) is 5.70. The number of nitrogens with zero attached hydrogens (tertiary/aromatic N) is 1. The maximum absolute atomic E-state index is 12.7. The number of hydrogen-bond acceptors (Lipinski definition) is 2. The van der Waals surface area contributed by atoms with Crippen LogP contribution in [0.25, 0.3) is 11.1 Å². The zero-order valence-electron chi connectivity index (χ0n) is 12.5. The molecule has 5 heteroatoms. The van der Waals surface area contributed by atoms with E-state index in [-0.39, 0.29) is 17.7 Å². The van der Waals surface area contributed by atoms with E-state index in [2.05, 4.69) is 0 Å². The highest BCUT2D eigenvalue weighted by Crippen LogP contribution is 2.27. The number of primary amides is 1. The first-order valence-corrected chi connectivity index (χ1v) is 7.87. The van der Waals surface area contributed by atoms with Crippen LogP contribution in [0.15, 0.2) is 48.5 Å². The minimum atomic E-state index is -0.357. The summed E-state index contributed by atoms with van der Waals surface area (Å²) in [6, 6.07) is 15.2. The van der Waals surface area contributed by atoms with Crippen LogP contribution in [0.2, 0.25) is 5.02 Å². The summed E-state index contributed by atoms with van der Waals surface area (Å²) in [5, 5.41) is 0.414. The second kappa shape index (κ2) is 6.42. The van der Waals surface area contributed by atoms with E-state index < -0.39 is 0 Å². The van der Waals surface area contributed by atoms with Crippen LogP contribution >= 0.6 is 11.6 Å². The van der Waals surface area contributed by atoms with Crippen molar-refractivity contribution in [3.8, 4) is 11.1 Å². The summed E-state index contributed by atoms with van der Waals surface area (Å²) in [6.45, 7) is 0.887. The molecule has 0 radical (unpaired) electrons. The molecule has 4 nitrogen and oxygen atoms in total. The molecule has 1 heterocycles. The number of nitrogens with two attached hydrogens (primary N) is 1. The van der Waals surface area contributed by atoms with Gasteiger partial charge in [-0.15, -0.1) is 0 Å². The number of hydrogen-bond donors (Lipinski definition) is 1. The number of carbonyl (C=O) groups excluding carboxylic acids is 2. The van der Waals surface area contributed by atoms with Gasteiger partial charge < -0.3 is 10.6 Å². The molecule has 0 unspecified atom stereocenters. The molecule has 1 saturated heterocycles. The van der Waals surface area contributed by atoms with Gasteiger partial charge in [0.2, 0.25) is 5.91 Å². The Morgan fingerprint density at radius 3 is 2.48 bits per heavy atom. The molecule has 2 amide bonds. The van der Waals surface area contributed by atoms with Crippen molar-refractivity contribution in [3.05, 3.63) is 59.1 Å². The monoisotopic (exact) mass is 328 g/mol. The Kier molecular flexibility index (Phi) is 4.35. The van der Waals surface area contributed by atoms with Gasteiger partial charge in [-0.2, -0.15) is 0 Å². The molecule has 23 heavy (non-hydrogen) atoms. The average Bonchev–Trinajstić information content (AvgIpc) is 3.06. The van der Waals surface area contributed by atoms with Crippen LogP contribution in [0.5, 0.6) is 0 Å². The summed E-state index contributed by atoms with van der Waals surface area (Å²) in [7, 11) is 0. The number of rotatable bonds is 3. The molecule has 0 spiro atoms. The van der Waals surface area contributed by atoms with Crippen LogP contribution < -0.4 is 5.73 Å². The van der Waals surface area contributed by atoms with E-state index in [4.69, 9.17) is 17.3 Å². The summed E-state index contributed by atoms with van der Waals surface area (Å²) in [5.74, 6) is -0.781. The highest BCUT2D eigenvalue weighted by Gasteiger charge is 2.31. The first-order chi connectivity index (χ1) is 11.1. The Morgan fingerprint density at radius 2 is 1.83 bits per heavy atom. The molecule has 1 aliphatic rings. The molecular formula is C18H17ClN2O2. The van der Waals surface area contributed by atoms with Crippen molar-refractivity contribution in [2.45, 2.75) is 6.42 Å². The van der Waals surface area contributed by atoms with Crippen molar-refractivity contribution in [3.63, 3.8) is 0 Å². The van der Waals surface area contributed by atoms with Crippen LogP contribution in [-0.2, 0) is 4.79 Å². The van der Waals surface area contributed by atoms with E-state index in [1.54, 1.807) is 17.0 Å². The van der Waals surface area contributed by atoms with Gasteiger partial charge in [-0.25, -0.2) is 0 Å². The molecule has 1 fully saturated rings. The largest absolute Gasteiger partial charge is 0.369 e. The first-order valence-electron chi connectivity index (χ1n) is 7.50. The lowest BCUT2D eigenvalue weighted by molar-refractivity contribution is -0.121. The van der Waals surface area contributed by atoms with Crippen molar-refractivity contribution in [2.75, 3.05) is 13.1 Å². The molecule has 2 aromatic carbocycles. The summed E-state index contributed by atoms with van der Waals surface area (Å²) in [5.41, 5.74) is 7.74. The van der Waals surface area contributed by atoms with Crippen LogP contribution in [0, 0.1) is 5.92 Å². The van der Waals surface area contributed by atoms with Gasteiger partial charge in [-0.05, 0) is 29.7 Å². The topological polar surface area (TPSA) is 63.4 Å². The van der Waals surface area contributed by atoms with Crippen molar-refractivity contribution in [1.82, 2.24) is 4.90 Å². The molecular weight excluding hydrogens is 312 g/mol. The van der Waals surface area contributed by atoms with Gasteiger partial charge in [0.05, 0.1) is 16.5 Å². The fraction of sp³-hybridized carbons (Fsp3) is 0.222. The molecule has 0 bridgehead atoms. The van der Waals surface area contributed by atoms with E-state index in [1.807, 2.05) is 36.4 Å². The van der Waals surface area contributed by atoms with Crippen LogP contribution in [0.4, 0.5) is 0 Å². The maximum atomic E-state index is 12.7. The quantitative estimate of drug-likeness (QED) is 0.941. The highest BCUT2D eigenvalue weighted by atomic mass is 35.5. The number of likely N-dealkylation sites (tertiary alicyclic amines) is 1. The van der Waals surface area contributed by atoms with E-state index in [9.17, 15) is 9.59 Å². The molecule has 0 aromatic heterocycles. The number of halogens is 1. The minimum absolute atomic E-state index is 0.156. The lowest BCUT2D eigenvalue weighted by atomic mass is 10.0. The Balaban J connectivity index is 1.88. The predicted molar refractivity (Wildman–Crippen MR) is 90.1 cm³/mol. The number of amides is 2. The van der Waals surface area contributed by atoms with Gasteiger partial charge in [0.15, 0.2) is 0 Å². The number of benzene rings is 2. The molecule has 0 saturated carbocycles. The van der Waals surface area contributed by atoms with Gasteiger partial charge in [0.1, 0.15) is 0 Å². The fourth-order valence-electron chi connectivity index (χ4n) is 2.85. The van der Waals surface area contributed by atoms with Gasteiger partial charge >= 0.3 is 0 Å². The third-order valence-corrected chi connectivity index (χ3v) is 4.51. The molecule has 2 aromatic rings. The summed E-state index contributed by atoms with van der Waals surface area (Å²) in [4.78, 5) is 25.6. The standard InChI is InChI=1S/C18H17ClN2O2/c19-16-7-6-13(12-4-2-1-3-5-12)10-15(16)18(23)21-9-8-14(11-21)17(20)22/h1-7,10,14H,8-9,11H2,(H2,20,22)/t14-/m1/s1. The second-order valence-corrected chi connectivity index (χ2v) is 6.11. The molecule has 0 aliphatic carbocycles. The van der Waals surface area contributed by atoms with E-state index in [1.165, 1.54) is 0 Å². The van der Waals surface area contributed by atoms with Crippen molar-refractivity contribution < 1.29 is 9.59 Å². The average molecular weight is 329 g/mol. The summed E-state index contributed by atoms with van der Waals surface area (Å²) >= 11 is 6.22. The van der Waals surface area contributed by atoms with Crippen molar-refractivity contribution in [1.29, 1.82) is 0 Å². The Labute approximate surface area is 139 Å². The van der Waals surface area contributed by atoms with Gasteiger partial charge in [0, 0.05) is 13.1 Å². The SMILES string of the molecule is NC(=O)[C@@H]1CCN(C(=O)c2cc(-c3ccccc3)ccc2Cl)C1. The minimum Gasteiger partial charge on any atom is -0.369 e. The number of carbonyl (C=O) groups is 2. The first kappa shape index (κ1) is 15.6. The smallest absolute Gasteiger partial charge is 0.255 e. The normalized spacial score (nSPS) is 17.3. The molecule has 3 rings (SSSR count). The van der Waals surface area contributed by atoms with Gasteiger partial charge in [0.25, 0.3) is 5.91 Å². The van der Waals surface area contributed by atoms with Crippen LogP contribution in [0.3, 0.4) is 0 Å². The summed E-state index contributed by atoms with van der Waals surface area (Å²) < 4.78 is 0. The third-order valence-electron chi connectivity index (χ3n) is 4.18. The van der Waals surface area contributed by atoms with E-state index >= 15 is 0 Å².